The molecule has 0 fully saturated rings. The highest BCUT2D eigenvalue weighted by molar-refractivity contribution is 6.32. The molecule has 0 aliphatic carbocycles. The first-order chi connectivity index (χ1) is 13.6. The number of carbonyl (C=O) groups excluding carboxylic acids is 1. The number of hydrogen-bond donors (Lipinski definition) is 1. The first-order valence-electron chi connectivity index (χ1n) is 8.59. The maximum absolute atomic E-state index is 10.9. The van der Waals surface area contributed by atoms with E-state index in [4.69, 9.17) is 20.8 Å². The summed E-state index contributed by atoms with van der Waals surface area (Å²) in [5.74, 6) is 0.152. The first-order valence-corrected chi connectivity index (χ1v) is 8.97. The topological polar surface area (TPSA) is 72.6 Å². The standard InChI is InChI=1S/C22H16ClNO4/c1-13-15(11-27-22-9-20(26)16(10-25)7-18(22)23)3-2-4-17(13)14-5-6-21-19(8-14)24-12-28-21/h2-10,12,26H,11H2,1H3. The van der Waals surface area contributed by atoms with Crippen LogP contribution in [0.15, 0.2) is 59.3 Å². The molecule has 28 heavy (non-hydrogen) atoms. The Kier molecular flexibility index (Phi) is 4.75. The average Bonchev–Trinajstić information content (AvgIpc) is 3.17. The number of halogens is 1. The van der Waals surface area contributed by atoms with E-state index in [2.05, 4.69) is 4.98 Å². The summed E-state index contributed by atoms with van der Waals surface area (Å²) in [4.78, 5) is 15.1. The van der Waals surface area contributed by atoms with E-state index in [0.717, 1.165) is 33.4 Å². The van der Waals surface area contributed by atoms with E-state index < -0.39 is 0 Å². The van der Waals surface area contributed by atoms with Crippen LogP contribution in [-0.2, 0) is 6.61 Å². The van der Waals surface area contributed by atoms with Gasteiger partial charge in [0.05, 0.1) is 10.6 Å². The summed E-state index contributed by atoms with van der Waals surface area (Å²) in [6, 6.07) is 14.6. The van der Waals surface area contributed by atoms with E-state index in [1.54, 1.807) is 0 Å². The van der Waals surface area contributed by atoms with Gasteiger partial charge < -0.3 is 14.3 Å². The zero-order valence-electron chi connectivity index (χ0n) is 15.0. The van der Waals surface area contributed by atoms with Gasteiger partial charge in [-0.2, -0.15) is 0 Å². The van der Waals surface area contributed by atoms with Crippen LogP contribution < -0.4 is 4.74 Å². The number of hydrogen-bond acceptors (Lipinski definition) is 5. The molecule has 0 saturated heterocycles. The number of fused-ring (bicyclic) bond motifs is 1. The van der Waals surface area contributed by atoms with Gasteiger partial charge in [-0.3, -0.25) is 4.79 Å². The molecule has 0 unspecified atom stereocenters. The van der Waals surface area contributed by atoms with Crippen molar-refractivity contribution in [2.75, 3.05) is 0 Å². The van der Waals surface area contributed by atoms with Crippen molar-refractivity contribution < 1.29 is 19.1 Å². The number of phenolic OH excluding ortho intramolecular Hbond substituents is 1. The fourth-order valence-corrected chi connectivity index (χ4v) is 3.32. The predicted octanol–water partition coefficient (Wildman–Crippen LogP) is 5.55. The number of nitrogens with zero attached hydrogens (tertiary/aromatic N) is 1. The van der Waals surface area contributed by atoms with E-state index in [9.17, 15) is 9.90 Å². The molecule has 0 amide bonds. The van der Waals surface area contributed by atoms with Gasteiger partial charge in [-0.25, -0.2) is 4.98 Å². The SMILES string of the molecule is Cc1c(COc2cc(O)c(C=O)cc2Cl)cccc1-c1ccc2ocnc2c1. The molecule has 0 aliphatic rings. The number of aldehydes is 1. The number of aromatic nitrogens is 1. The normalized spacial score (nSPS) is 10.9. The Morgan fingerprint density at radius 1 is 1.21 bits per heavy atom. The van der Waals surface area contributed by atoms with Crippen molar-refractivity contribution in [1.82, 2.24) is 4.98 Å². The zero-order chi connectivity index (χ0) is 19.7. The monoisotopic (exact) mass is 393 g/mol. The van der Waals surface area contributed by atoms with Crippen molar-refractivity contribution in [2.45, 2.75) is 13.5 Å². The summed E-state index contributed by atoms with van der Waals surface area (Å²) in [7, 11) is 0. The molecule has 4 aromatic rings. The van der Waals surface area contributed by atoms with E-state index in [0.29, 0.717) is 12.0 Å². The summed E-state index contributed by atoms with van der Waals surface area (Å²) in [5, 5.41) is 10.1. The molecule has 3 aromatic carbocycles. The third-order valence-electron chi connectivity index (χ3n) is 4.68. The van der Waals surface area contributed by atoms with Crippen LogP contribution in [0.4, 0.5) is 0 Å². The molecule has 1 N–H and O–H groups in total. The highest BCUT2D eigenvalue weighted by Gasteiger charge is 2.12. The fraction of sp³-hybridized carbons (Fsp3) is 0.0909. The molecule has 0 saturated carbocycles. The summed E-state index contributed by atoms with van der Waals surface area (Å²) in [6.07, 6.45) is 1.98. The molecule has 6 heteroatoms. The molecule has 5 nitrogen and oxygen atoms in total. The third kappa shape index (κ3) is 3.32. The van der Waals surface area contributed by atoms with Gasteiger partial charge in [0, 0.05) is 6.07 Å². The lowest BCUT2D eigenvalue weighted by molar-refractivity contribution is 0.112. The minimum absolute atomic E-state index is 0.124. The molecule has 0 radical (unpaired) electrons. The maximum atomic E-state index is 10.9. The summed E-state index contributed by atoms with van der Waals surface area (Å²) in [6.45, 7) is 2.29. The second-order valence-corrected chi connectivity index (χ2v) is 6.78. The Bertz CT molecular complexity index is 1180. The maximum Gasteiger partial charge on any atom is 0.181 e. The van der Waals surface area contributed by atoms with Crippen LogP contribution in [0, 0.1) is 6.92 Å². The van der Waals surface area contributed by atoms with Crippen molar-refractivity contribution in [3.63, 3.8) is 0 Å². The van der Waals surface area contributed by atoms with Crippen LogP contribution in [0.5, 0.6) is 11.5 Å². The molecular weight excluding hydrogens is 378 g/mol. The minimum Gasteiger partial charge on any atom is -0.507 e. The van der Waals surface area contributed by atoms with Crippen molar-refractivity contribution in [3.8, 4) is 22.6 Å². The van der Waals surface area contributed by atoms with Crippen LogP contribution in [0.25, 0.3) is 22.2 Å². The van der Waals surface area contributed by atoms with Gasteiger partial charge in [0.25, 0.3) is 0 Å². The molecule has 0 bridgehead atoms. The summed E-state index contributed by atoms with van der Waals surface area (Å²) >= 11 is 6.15. The van der Waals surface area contributed by atoms with Gasteiger partial charge in [-0.05, 0) is 47.4 Å². The second kappa shape index (κ2) is 7.37. The Hall–Kier alpha value is -3.31. The Labute approximate surface area is 166 Å². The quantitative estimate of drug-likeness (QED) is 0.450. The molecule has 1 heterocycles. The third-order valence-corrected chi connectivity index (χ3v) is 4.97. The van der Waals surface area contributed by atoms with Gasteiger partial charge in [0.15, 0.2) is 18.3 Å². The van der Waals surface area contributed by atoms with Crippen LogP contribution in [-0.4, -0.2) is 16.4 Å². The van der Waals surface area contributed by atoms with Crippen molar-refractivity contribution in [1.29, 1.82) is 0 Å². The van der Waals surface area contributed by atoms with Gasteiger partial charge in [0.2, 0.25) is 0 Å². The van der Waals surface area contributed by atoms with Crippen molar-refractivity contribution in [2.24, 2.45) is 0 Å². The number of oxazole rings is 1. The van der Waals surface area contributed by atoms with Gasteiger partial charge >= 0.3 is 0 Å². The largest absolute Gasteiger partial charge is 0.507 e. The van der Waals surface area contributed by atoms with E-state index in [1.165, 1.54) is 18.5 Å². The van der Waals surface area contributed by atoms with Crippen LogP contribution in [0.2, 0.25) is 5.02 Å². The smallest absolute Gasteiger partial charge is 0.181 e. The lowest BCUT2D eigenvalue weighted by atomic mass is 9.96. The second-order valence-electron chi connectivity index (χ2n) is 6.37. The van der Waals surface area contributed by atoms with Crippen LogP contribution >= 0.6 is 11.6 Å². The molecule has 0 atom stereocenters. The van der Waals surface area contributed by atoms with Gasteiger partial charge in [-0.15, -0.1) is 0 Å². The number of phenols is 1. The number of aromatic hydroxyl groups is 1. The predicted molar refractivity (Wildman–Crippen MR) is 107 cm³/mol. The molecule has 140 valence electrons. The number of ether oxygens (including phenoxy) is 1. The van der Waals surface area contributed by atoms with Gasteiger partial charge in [-0.1, -0.05) is 35.9 Å². The summed E-state index contributed by atoms with van der Waals surface area (Å²) in [5.41, 5.74) is 5.81. The van der Waals surface area contributed by atoms with E-state index in [1.807, 2.05) is 43.3 Å². The average molecular weight is 394 g/mol. The Balaban J connectivity index is 1.62. The Morgan fingerprint density at radius 3 is 2.89 bits per heavy atom. The molecule has 0 aliphatic heterocycles. The minimum atomic E-state index is -0.166. The van der Waals surface area contributed by atoms with Crippen LogP contribution in [0.1, 0.15) is 21.5 Å². The van der Waals surface area contributed by atoms with Gasteiger partial charge in [0.1, 0.15) is 23.6 Å². The Morgan fingerprint density at radius 2 is 2.07 bits per heavy atom. The lowest BCUT2D eigenvalue weighted by Crippen LogP contribution is -2.00. The van der Waals surface area contributed by atoms with Crippen molar-refractivity contribution >= 4 is 29.0 Å². The van der Waals surface area contributed by atoms with E-state index in [-0.39, 0.29) is 22.9 Å². The van der Waals surface area contributed by atoms with Crippen molar-refractivity contribution in [3.05, 3.63) is 76.6 Å². The summed E-state index contributed by atoms with van der Waals surface area (Å²) < 4.78 is 11.1. The highest BCUT2D eigenvalue weighted by Crippen LogP contribution is 2.33. The number of rotatable bonds is 5. The van der Waals surface area contributed by atoms with E-state index >= 15 is 0 Å². The first kappa shape index (κ1) is 18.1. The molecule has 1 aromatic heterocycles. The number of benzene rings is 3. The van der Waals surface area contributed by atoms with Crippen LogP contribution in [0.3, 0.4) is 0 Å². The molecule has 0 spiro atoms. The zero-order valence-corrected chi connectivity index (χ0v) is 15.7. The number of carbonyl (C=O) groups is 1. The molecular formula is C22H16ClNO4. The fourth-order valence-electron chi connectivity index (χ4n) is 3.10. The molecule has 4 rings (SSSR count). The highest BCUT2D eigenvalue weighted by atomic mass is 35.5. The lowest BCUT2D eigenvalue weighted by Gasteiger charge is -2.14.